The maximum absolute atomic E-state index is 6.01. The summed E-state index contributed by atoms with van der Waals surface area (Å²) in [4.78, 5) is 8.87. The molecule has 8 heteroatoms. The lowest BCUT2D eigenvalue weighted by Gasteiger charge is -2.10. The third-order valence-corrected chi connectivity index (χ3v) is 4.73. The number of unbranched alkanes of at least 4 members (excludes halogenated alkanes) is 2. The molecule has 0 amide bonds. The fourth-order valence-corrected chi connectivity index (χ4v) is 3.08. The molecular weight excluding hydrogens is 394 g/mol. The highest BCUT2D eigenvalue weighted by Crippen LogP contribution is 2.20. The second-order valence-electron chi connectivity index (χ2n) is 7.03. The Morgan fingerprint density at radius 3 is 2.65 bits per heavy atom. The highest BCUT2D eigenvalue weighted by molar-refractivity contribution is 5.92. The Bertz CT molecular complexity index is 969. The van der Waals surface area contributed by atoms with Crippen molar-refractivity contribution in [2.24, 2.45) is 10.7 Å². The topological polar surface area (TPSA) is 108 Å². The van der Waals surface area contributed by atoms with Crippen molar-refractivity contribution in [3.63, 3.8) is 0 Å². The summed E-state index contributed by atoms with van der Waals surface area (Å²) in [6.45, 7) is 1.18. The first-order valence-electron chi connectivity index (χ1n) is 10.3. The second-order valence-corrected chi connectivity index (χ2v) is 7.03. The molecule has 1 aromatic heterocycles. The highest BCUT2D eigenvalue weighted by atomic mass is 16.5. The van der Waals surface area contributed by atoms with Crippen LogP contribution in [-0.2, 0) is 17.8 Å². The summed E-state index contributed by atoms with van der Waals surface area (Å²) in [6, 6.07) is 15.5. The molecule has 0 aliphatic carbocycles. The second kappa shape index (κ2) is 11.7. The van der Waals surface area contributed by atoms with Crippen molar-refractivity contribution in [3.8, 4) is 17.1 Å². The lowest BCUT2D eigenvalue weighted by Crippen LogP contribution is -2.23. The fraction of sp³-hybridized carbons (Fsp3) is 0.348. The van der Waals surface area contributed by atoms with E-state index in [0.29, 0.717) is 30.8 Å². The van der Waals surface area contributed by atoms with Gasteiger partial charge in [-0.05, 0) is 43.2 Å². The Morgan fingerprint density at radius 2 is 1.87 bits per heavy atom. The number of para-hydroxylation sites is 1. The molecule has 0 radical (unpaired) electrons. The van der Waals surface area contributed by atoms with Crippen molar-refractivity contribution in [1.29, 1.82) is 0 Å². The van der Waals surface area contributed by atoms with E-state index in [0.717, 1.165) is 48.2 Å². The van der Waals surface area contributed by atoms with Crippen LogP contribution in [-0.4, -0.2) is 36.9 Å². The first-order valence-corrected chi connectivity index (χ1v) is 10.3. The van der Waals surface area contributed by atoms with Crippen LogP contribution in [0.15, 0.2) is 58.0 Å². The molecule has 0 atom stereocenters. The van der Waals surface area contributed by atoms with Gasteiger partial charge in [0.2, 0.25) is 11.7 Å². The summed E-state index contributed by atoms with van der Waals surface area (Å²) in [5.41, 5.74) is 8.86. The van der Waals surface area contributed by atoms with Gasteiger partial charge >= 0.3 is 0 Å². The number of aromatic nitrogens is 2. The number of hydrogen-bond acceptors (Lipinski definition) is 6. The molecule has 3 aromatic rings. The van der Waals surface area contributed by atoms with Gasteiger partial charge in [-0.2, -0.15) is 4.98 Å². The third kappa shape index (κ3) is 6.82. The number of anilines is 1. The number of aryl methyl sites for hydroxylation is 1. The Hall–Kier alpha value is -3.39. The maximum Gasteiger partial charge on any atom is 0.226 e. The molecular formula is C23H29N5O3. The summed E-state index contributed by atoms with van der Waals surface area (Å²) in [7, 11) is 3.31. The fourth-order valence-electron chi connectivity index (χ4n) is 3.08. The number of ether oxygens (including phenoxy) is 2. The molecule has 2 aromatic carbocycles. The minimum Gasteiger partial charge on any atom is -0.497 e. The smallest absolute Gasteiger partial charge is 0.226 e. The minimum atomic E-state index is 0.407. The molecule has 164 valence electrons. The van der Waals surface area contributed by atoms with Crippen molar-refractivity contribution in [1.82, 2.24) is 10.1 Å². The van der Waals surface area contributed by atoms with Gasteiger partial charge in [0.15, 0.2) is 5.96 Å². The Balaban J connectivity index is 1.38. The van der Waals surface area contributed by atoms with E-state index in [-0.39, 0.29) is 0 Å². The third-order valence-electron chi connectivity index (χ3n) is 4.73. The lowest BCUT2D eigenvalue weighted by molar-refractivity contribution is 0.185. The monoisotopic (exact) mass is 423 g/mol. The quantitative estimate of drug-likeness (QED) is 0.272. The molecule has 31 heavy (non-hydrogen) atoms. The van der Waals surface area contributed by atoms with E-state index in [4.69, 9.17) is 19.7 Å². The first kappa shape index (κ1) is 22.3. The number of nitrogens with two attached hydrogens (primary N) is 1. The molecule has 0 aliphatic heterocycles. The van der Waals surface area contributed by atoms with E-state index in [1.54, 1.807) is 14.2 Å². The SMILES string of the molecule is COCc1ccccc1NC(N)=NCCCCCc1nc(-c2ccc(OC)cc2)no1. The van der Waals surface area contributed by atoms with Crippen LogP contribution in [0.1, 0.15) is 30.7 Å². The number of rotatable bonds is 11. The first-order chi connectivity index (χ1) is 15.2. The van der Waals surface area contributed by atoms with Gasteiger partial charge in [-0.1, -0.05) is 29.8 Å². The van der Waals surface area contributed by atoms with Crippen LogP contribution in [0.5, 0.6) is 5.75 Å². The Kier molecular flexibility index (Phi) is 8.42. The number of nitrogens with one attached hydrogen (secondary N) is 1. The predicted molar refractivity (Wildman–Crippen MR) is 121 cm³/mol. The van der Waals surface area contributed by atoms with Gasteiger partial charge in [0.1, 0.15) is 5.75 Å². The molecule has 8 nitrogen and oxygen atoms in total. The zero-order valence-electron chi connectivity index (χ0n) is 18.0. The van der Waals surface area contributed by atoms with Gasteiger partial charge in [0.25, 0.3) is 0 Å². The standard InChI is InChI=1S/C23H29N5O3/c1-29-16-18-8-5-6-9-20(18)26-23(24)25-15-7-3-4-10-21-27-22(28-31-21)17-11-13-19(30-2)14-12-17/h5-6,8-9,11-14H,3-4,7,10,15-16H2,1-2H3,(H3,24,25,26). The number of aliphatic imine (C=N–C) groups is 1. The molecule has 0 unspecified atom stereocenters. The summed E-state index contributed by atoms with van der Waals surface area (Å²) >= 11 is 0. The zero-order chi connectivity index (χ0) is 21.9. The van der Waals surface area contributed by atoms with Crippen LogP contribution in [0.2, 0.25) is 0 Å². The van der Waals surface area contributed by atoms with E-state index in [1.165, 1.54) is 0 Å². The minimum absolute atomic E-state index is 0.407. The van der Waals surface area contributed by atoms with Crippen molar-refractivity contribution in [2.75, 3.05) is 26.1 Å². The number of guanidine groups is 1. The van der Waals surface area contributed by atoms with E-state index in [2.05, 4.69) is 20.4 Å². The molecule has 0 saturated heterocycles. The largest absolute Gasteiger partial charge is 0.497 e. The highest BCUT2D eigenvalue weighted by Gasteiger charge is 2.08. The van der Waals surface area contributed by atoms with E-state index in [1.807, 2.05) is 48.5 Å². The molecule has 0 spiro atoms. The van der Waals surface area contributed by atoms with Crippen molar-refractivity contribution in [3.05, 3.63) is 60.0 Å². The van der Waals surface area contributed by atoms with Gasteiger partial charge in [-0.3, -0.25) is 4.99 Å². The lowest BCUT2D eigenvalue weighted by atomic mass is 10.2. The summed E-state index contributed by atoms with van der Waals surface area (Å²) in [5.74, 6) is 2.44. The molecule has 0 fully saturated rings. The van der Waals surface area contributed by atoms with Gasteiger partial charge < -0.3 is 25.0 Å². The Morgan fingerprint density at radius 1 is 1.06 bits per heavy atom. The number of benzene rings is 2. The average Bonchev–Trinajstić information content (AvgIpc) is 3.26. The van der Waals surface area contributed by atoms with Gasteiger partial charge in [-0.15, -0.1) is 0 Å². The van der Waals surface area contributed by atoms with Crippen LogP contribution >= 0.6 is 0 Å². The van der Waals surface area contributed by atoms with Crippen molar-refractivity contribution < 1.29 is 14.0 Å². The summed E-state index contributed by atoms with van der Waals surface area (Å²) < 4.78 is 15.7. The van der Waals surface area contributed by atoms with Crippen LogP contribution in [0.4, 0.5) is 5.69 Å². The molecule has 0 saturated carbocycles. The number of methoxy groups -OCH3 is 2. The van der Waals surface area contributed by atoms with Crippen LogP contribution in [0.3, 0.4) is 0 Å². The summed E-state index contributed by atoms with van der Waals surface area (Å²) in [6.07, 6.45) is 3.62. The van der Waals surface area contributed by atoms with E-state index >= 15 is 0 Å². The molecule has 0 aliphatic rings. The summed E-state index contributed by atoms with van der Waals surface area (Å²) in [5, 5.41) is 7.20. The van der Waals surface area contributed by atoms with Gasteiger partial charge in [0.05, 0.1) is 13.7 Å². The van der Waals surface area contributed by atoms with Crippen LogP contribution < -0.4 is 15.8 Å². The van der Waals surface area contributed by atoms with E-state index in [9.17, 15) is 0 Å². The van der Waals surface area contributed by atoms with E-state index < -0.39 is 0 Å². The Labute approximate surface area is 182 Å². The van der Waals surface area contributed by atoms with Crippen molar-refractivity contribution >= 4 is 11.6 Å². The molecule has 0 bridgehead atoms. The predicted octanol–water partition coefficient (Wildman–Crippen LogP) is 4.03. The normalized spacial score (nSPS) is 11.5. The number of hydrogen-bond donors (Lipinski definition) is 2. The van der Waals surface area contributed by atoms with Crippen LogP contribution in [0.25, 0.3) is 11.4 Å². The molecule has 3 rings (SSSR count). The maximum atomic E-state index is 6.01. The number of nitrogens with zero attached hydrogens (tertiary/aromatic N) is 3. The van der Waals surface area contributed by atoms with Crippen LogP contribution in [0, 0.1) is 0 Å². The van der Waals surface area contributed by atoms with Gasteiger partial charge in [0, 0.05) is 36.9 Å². The molecule has 1 heterocycles. The average molecular weight is 424 g/mol. The van der Waals surface area contributed by atoms with Gasteiger partial charge in [-0.25, -0.2) is 0 Å². The zero-order valence-corrected chi connectivity index (χ0v) is 18.0. The van der Waals surface area contributed by atoms with Crippen molar-refractivity contribution in [2.45, 2.75) is 32.3 Å². The molecule has 3 N–H and O–H groups in total.